The van der Waals surface area contributed by atoms with Crippen molar-refractivity contribution in [3.8, 4) is 0 Å². The lowest BCUT2D eigenvalue weighted by Gasteiger charge is -2.16. The van der Waals surface area contributed by atoms with Gasteiger partial charge in [-0.15, -0.1) is 0 Å². The van der Waals surface area contributed by atoms with Crippen molar-refractivity contribution in [2.24, 2.45) is 17.8 Å². The van der Waals surface area contributed by atoms with Crippen LogP contribution in [-0.4, -0.2) is 64.6 Å². The standard InChI is InChI=1S/C26H56N2O2/c1-7-28(6)18-9-8-10-19-29-21-12-14-25(4)15-16-26(5)23-27-17-22-30-20-11-13-24(2)3/h24-27H,7-23H2,1-6H3. The summed E-state index contributed by atoms with van der Waals surface area (Å²) in [5, 5.41) is 3.55. The number of hydrogen-bond acceptors (Lipinski definition) is 4. The van der Waals surface area contributed by atoms with Crippen LogP contribution in [-0.2, 0) is 9.47 Å². The third-order valence-corrected chi connectivity index (χ3v) is 5.99. The van der Waals surface area contributed by atoms with Crippen LogP contribution in [0.3, 0.4) is 0 Å². The van der Waals surface area contributed by atoms with Crippen molar-refractivity contribution < 1.29 is 9.47 Å². The molecule has 1 N–H and O–H groups in total. The van der Waals surface area contributed by atoms with Crippen molar-refractivity contribution in [3.63, 3.8) is 0 Å². The summed E-state index contributed by atoms with van der Waals surface area (Å²) >= 11 is 0. The zero-order valence-electron chi connectivity index (χ0n) is 21.5. The third kappa shape index (κ3) is 22.5. The SMILES string of the molecule is CCN(C)CCCCCOCCCC(C)CCC(C)CNCCOCCCC(C)C. The molecule has 2 atom stereocenters. The molecular formula is C26H56N2O2. The molecule has 0 saturated carbocycles. The minimum Gasteiger partial charge on any atom is -0.381 e. The molecule has 4 heteroatoms. The van der Waals surface area contributed by atoms with E-state index in [0.717, 1.165) is 63.8 Å². The number of nitrogens with one attached hydrogen (secondary N) is 1. The van der Waals surface area contributed by atoms with Crippen LogP contribution in [0.5, 0.6) is 0 Å². The molecule has 0 rings (SSSR count). The van der Waals surface area contributed by atoms with Gasteiger partial charge in [0.1, 0.15) is 0 Å². The maximum atomic E-state index is 5.82. The lowest BCUT2D eigenvalue weighted by molar-refractivity contribution is 0.122. The Labute approximate surface area is 189 Å². The average molecular weight is 429 g/mol. The topological polar surface area (TPSA) is 33.7 Å². The first kappa shape index (κ1) is 29.8. The van der Waals surface area contributed by atoms with Crippen LogP contribution in [0.2, 0.25) is 0 Å². The van der Waals surface area contributed by atoms with E-state index in [4.69, 9.17) is 9.47 Å². The van der Waals surface area contributed by atoms with E-state index in [1.54, 1.807) is 0 Å². The molecule has 0 fully saturated rings. The predicted octanol–water partition coefficient (Wildman–Crippen LogP) is 6.00. The normalized spacial score (nSPS) is 14.0. The van der Waals surface area contributed by atoms with Crippen LogP contribution in [0.1, 0.15) is 92.4 Å². The molecule has 182 valence electrons. The fraction of sp³-hybridized carbons (Fsp3) is 1.00. The molecule has 0 aliphatic rings. The molecule has 0 aromatic heterocycles. The maximum absolute atomic E-state index is 5.82. The summed E-state index contributed by atoms with van der Waals surface area (Å²) in [6.07, 6.45) is 11.4. The molecule has 0 bridgehead atoms. The fourth-order valence-electron chi connectivity index (χ4n) is 3.56. The fourth-order valence-corrected chi connectivity index (χ4v) is 3.56. The molecule has 4 nitrogen and oxygen atoms in total. The molecular weight excluding hydrogens is 372 g/mol. The molecule has 0 heterocycles. The Kier molecular flexibility index (Phi) is 21.9. The number of hydrogen-bond donors (Lipinski definition) is 1. The van der Waals surface area contributed by atoms with Crippen LogP contribution in [0.4, 0.5) is 0 Å². The van der Waals surface area contributed by atoms with Gasteiger partial charge >= 0.3 is 0 Å². The van der Waals surface area contributed by atoms with E-state index in [2.05, 4.69) is 51.9 Å². The summed E-state index contributed by atoms with van der Waals surface area (Å²) in [7, 11) is 2.20. The first-order valence-corrected chi connectivity index (χ1v) is 13.0. The van der Waals surface area contributed by atoms with Crippen LogP contribution in [0.15, 0.2) is 0 Å². The van der Waals surface area contributed by atoms with E-state index in [9.17, 15) is 0 Å². The molecule has 0 radical (unpaired) electrons. The second kappa shape index (κ2) is 22.0. The van der Waals surface area contributed by atoms with E-state index >= 15 is 0 Å². The first-order valence-electron chi connectivity index (χ1n) is 13.0. The quantitative estimate of drug-likeness (QED) is 0.202. The largest absolute Gasteiger partial charge is 0.381 e. The van der Waals surface area contributed by atoms with Crippen LogP contribution in [0.25, 0.3) is 0 Å². The van der Waals surface area contributed by atoms with Crippen molar-refractivity contribution in [1.29, 1.82) is 0 Å². The number of nitrogens with zero attached hydrogens (tertiary/aromatic N) is 1. The highest BCUT2D eigenvalue weighted by atomic mass is 16.5. The minimum absolute atomic E-state index is 0.747. The monoisotopic (exact) mass is 428 g/mol. The van der Waals surface area contributed by atoms with Crippen LogP contribution < -0.4 is 5.32 Å². The molecule has 0 aromatic carbocycles. The van der Waals surface area contributed by atoms with Gasteiger partial charge in [-0.2, -0.15) is 0 Å². The first-order chi connectivity index (χ1) is 14.5. The van der Waals surface area contributed by atoms with Crippen molar-refractivity contribution in [3.05, 3.63) is 0 Å². The molecule has 2 unspecified atom stereocenters. The second-order valence-corrected chi connectivity index (χ2v) is 9.85. The Morgan fingerprint density at radius 3 is 2.03 bits per heavy atom. The molecule has 0 aromatic rings. The molecule has 0 aliphatic heterocycles. The van der Waals surface area contributed by atoms with Gasteiger partial charge in [0.2, 0.25) is 0 Å². The van der Waals surface area contributed by atoms with Crippen molar-refractivity contribution in [2.75, 3.05) is 59.7 Å². The number of unbranched alkanes of at least 4 members (excludes halogenated alkanes) is 2. The van der Waals surface area contributed by atoms with Crippen molar-refractivity contribution in [2.45, 2.75) is 92.4 Å². The van der Waals surface area contributed by atoms with E-state index < -0.39 is 0 Å². The van der Waals surface area contributed by atoms with E-state index in [1.165, 1.54) is 64.3 Å². The summed E-state index contributed by atoms with van der Waals surface area (Å²) in [4.78, 5) is 2.38. The lowest BCUT2D eigenvalue weighted by atomic mass is 9.95. The highest BCUT2D eigenvalue weighted by Crippen LogP contribution is 2.16. The molecule has 0 spiro atoms. The van der Waals surface area contributed by atoms with Gasteiger partial charge < -0.3 is 19.7 Å². The Balaban J connectivity index is 3.34. The van der Waals surface area contributed by atoms with Gasteiger partial charge in [0, 0.05) is 26.4 Å². The number of ether oxygens (including phenoxy) is 2. The third-order valence-electron chi connectivity index (χ3n) is 5.99. The van der Waals surface area contributed by atoms with Crippen LogP contribution in [0, 0.1) is 17.8 Å². The summed E-state index contributed by atoms with van der Waals surface area (Å²) in [6, 6.07) is 0. The summed E-state index contributed by atoms with van der Waals surface area (Å²) in [6.45, 7) is 19.6. The minimum atomic E-state index is 0.747. The lowest BCUT2D eigenvalue weighted by Crippen LogP contribution is -2.25. The zero-order valence-corrected chi connectivity index (χ0v) is 21.5. The summed E-state index contributed by atoms with van der Waals surface area (Å²) < 4.78 is 11.5. The average Bonchev–Trinajstić information content (AvgIpc) is 2.72. The van der Waals surface area contributed by atoms with Gasteiger partial charge in [0.25, 0.3) is 0 Å². The van der Waals surface area contributed by atoms with Gasteiger partial charge in [0.15, 0.2) is 0 Å². The molecule has 0 saturated heterocycles. The zero-order chi connectivity index (χ0) is 22.5. The molecule has 0 aliphatic carbocycles. The van der Waals surface area contributed by atoms with Crippen LogP contribution >= 0.6 is 0 Å². The predicted molar refractivity (Wildman–Crippen MR) is 132 cm³/mol. The maximum Gasteiger partial charge on any atom is 0.0590 e. The molecule has 0 amide bonds. The van der Waals surface area contributed by atoms with Crippen molar-refractivity contribution >= 4 is 0 Å². The highest BCUT2D eigenvalue weighted by Gasteiger charge is 2.07. The van der Waals surface area contributed by atoms with Crippen molar-refractivity contribution in [1.82, 2.24) is 10.2 Å². The second-order valence-electron chi connectivity index (χ2n) is 9.85. The van der Waals surface area contributed by atoms with E-state index in [-0.39, 0.29) is 0 Å². The summed E-state index contributed by atoms with van der Waals surface area (Å²) in [5.41, 5.74) is 0. The van der Waals surface area contributed by atoms with Gasteiger partial charge in [0.05, 0.1) is 6.61 Å². The Hall–Kier alpha value is -0.160. The number of rotatable bonds is 23. The smallest absolute Gasteiger partial charge is 0.0590 e. The van der Waals surface area contributed by atoms with E-state index in [1.807, 2.05) is 0 Å². The Morgan fingerprint density at radius 2 is 1.33 bits per heavy atom. The Bertz CT molecular complexity index is 339. The molecule has 30 heavy (non-hydrogen) atoms. The highest BCUT2D eigenvalue weighted by molar-refractivity contribution is 4.61. The Morgan fingerprint density at radius 1 is 0.700 bits per heavy atom. The van der Waals surface area contributed by atoms with Gasteiger partial charge in [-0.05, 0) is 95.8 Å². The van der Waals surface area contributed by atoms with Gasteiger partial charge in [-0.25, -0.2) is 0 Å². The summed E-state index contributed by atoms with van der Waals surface area (Å²) in [5.74, 6) is 2.34. The van der Waals surface area contributed by atoms with Gasteiger partial charge in [-0.1, -0.05) is 41.0 Å². The van der Waals surface area contributed by atoms with Gasteiger partial charge in [-0.3, -0.25) is 0 Å². The van der Waals surface area contributed by atoms with E-state index in [0.29, 0.717) is 0 Å².